The van der Waals surface area contributed by atoms with Gasteiger partial charge in [-0.3, -0.25) is 9.59 Å². The molecule has 1 aromatic rings. The van der Waals surface area contributed by atoms with Crippen LogP contribution in [0, 0.1) is 5.92 Å². The molecule has 1 amide bonds. The summed E-state index contributed by atoms with van der Waals surface area (Å²) in [5, 5.41) is 2.84. The number of hydrogen-bond donors (Lipinski definition) is 3. The van der Waals surface area contributed by atoms with Crippen molar-refractivity contribution < 1.29 is 17.9 Å². The van der Waals surface area contributed by atoms with E-state index in [0.717, 1.165) is 43.2 Å². The van der Waals surface area contributed by atoms with E-state index in [1.807, 2.05) is 0 Å². The number of carbonyl (C=O) groups is 1. The number of aryl methyl sites for hydroxylation is 2. The largest absolute Gasteiger partial charge is 0.376 e. The monoisotopic (exact) mass is 367 g/mol. The Morgan fingerprint density at radius 3 is 2.88 bits per heavy atom. The summed E-state index contributed by atoms with van der Waals surface area (Å²) in [6.45, 7) is 0.545. The molecular weight excluding hydrogens is 346 g/mol. The van der Waals surface area contributed by atoms with Crippen LogP contribution in [0.2, 0.25) is 0 Å². The molecule has 2 fully saturated rings. The Morgan fingerprint density at radius 1 is 1.32 bits per heavy atom. The molecule has 2 heterocycles. The average Bonchev–Trinajstić information content (AvgIpc) is 3.15. The zero-order chi connectivity index (χ0) is 17.8. The second-order valence-electron chi connectivity index (χ2n) is 7.07. The lowest BCUT2D eigenvalue weighted by molar-refractivity contribution is -0.0194. The number of pyridine rings is 1. The predicted octanol–water partition coefficient (Wildman–Crippen LogP) is -0.701. The summed E-state index contributed by atoms with van der Waals surface area (Å²) in [6, 6.07) is 0.791. The van der Waals surface area contributed by atoms with Crippen LogP contribution in [0.3, 0.4) is 0 Å². The molecule has 9 heteroatoms. The van der Waals surface area contributed by atoms with Crippen LogP contribution in [0.15, 0.2) is 10.9 Å². The predicted molar refractivity (Wildman–Crippen MR) is 90.0 cm³/mol. The molecule has 3 aliphatic rings. The normalized spacial score (nSPS) is 30.4. The Hall–Kier alpha value is -1.71. The fourth-order valence-electron chi connectivity index (χ4n) is 4.20. The van der Waals surface area contributed by atoms with Gasteiger partial charge in [-0.1, -0.05) is 0 Å². The fourth-order valence-corrected chi connectivity index (χ4v) is 4.98. The first-order valence-electron chi connectivity index (χ1n) is 8.48. The maximum Gasteiger partial charge on any atom is 0.261 e. The summed E-state index contributed by atoms with van der Waals surface area (Å²) >= 11 is 0. The number of hydrogen-bond acceptors (Lipinski definition) is 5. The molecule has 8 nitrogen and oxygen atoms in total. The third-order valence-corrected chi connectivity index (χ3v) is 6.07. The molecule has 0 radical (unpaired) electrons. The van der Waals surface area contributed by atoms with Gasteiger partial charge in [-0.2, -0.15) is 0 Å². The highest BCUT2D eigenvalue weighted by Crippen LogP contribution is 2.39. The molecule has 1 aliphatic heterocycles. The third kappa shape index (κ3) is 3.00. The first-order valence-corrected chi connectivity index (χ1v) is 10.4. The number of rotatable bonds is 4. The summed E-state index contributed by atoms with van der Waals surface area (Å²) in [5.74, 6) is -0.400. The van der Waals surface area contributed by atoms with Crippen molar-refractivity contribution in [3.63, 3.8) is 0 Å². The number of fused-ring (bicyclic) bond motifs is 2. The number of nitrogens with one attached hydrogen (secondary N) is 3. The molecular formula is C16H21N3O5S. The van der Waals surface area contributed by atoms with E-state index >= 15 is 0 Å². The van der Waals surface area contributed by atoms with Gasteiger partial charge in [0.2, 0.25) is 10.0 Å². The van der Waals surface area contributed by atoms with Gasteiger partial charge in [0.15, 0.2) is 0 Å². The van der Waals surface area contributed by atoms with Crippen molar-refractivity contribution in [3.8, 4) is 0 Å². The summed E-state index contributed by atoms with van der Waals surface area (Å²) < 4.78 is 31.2. The number of ether oxygens (including phenoxy) is 1. The summed E-state index contributed by atoms with van der Waals surface area (Å²) in [4.78, 5) is 27.6. The summed E-state index contributed by atoms with van der Waals surface area (Å²) in [5.41, 5.74) is 1.60. The molecule has 0 bridgehead atoms. The number of H-pyrrole nitrogens is 1. The molecule has 4 atom stereocenters. The van der Waals surface area contributed by atoms with Crippen molar-refractivity contribution in [2.24, 2.45) is 5.92 Å². The minimum atomic E-state index is -3.42. The van der Waals surface area contributed by atoms with Crippen LogP contribution in [-0.4, -0.2) is 50.4 Å². The van der Waals surface area contributed by atoms with Gasteiger partial charge in [0.25, 0.3) is 11.5 Å². The van der Waals surface area contributed by atoms with Crippen LogP contribution < -0.4 is 15.6 Å². The van der Waals surface area contributed by atoms with Gasteiger partial charge < -0.3 is 15.0 Å². The van der Waals surface area contributed by atoms with Gasteiger partial charge in [0.05, 0.1) is 24.4 Å². The molecule has 0 spiro atoms. The van der Waals surface area contributed by atoms with Gasteiger partial charge in [-0.15, -0.1) is 0 Å². The van der Waals surface area contributed by atoms with Gasteiger partial charge in [-0.25, -0.2) is 13.1 Å². The highest BCUT2D eigenvalue weighted by Gasteiger charge is 2.55. The molecule has 2 aliphatic carbocycles. The zero-order valence-electron chi connectivity index (χ0n) is 13.9. The topological polar surface area (TPSA) is 117 Å². The molecule has 3 N–H and O–H groups in total. The Bertz CT molecular complexity index is 878. The second-order valence-corrected chi connectivity index (χ2v) is 8.85. The number of carbonyl (C=O) groups excluding carboxylic acids is 1. The summed E-state index contributed by atoms with van der Waals surface area (Å²) in [6.07, 6.45) is 4.28. The first kappa shape index (κ1) is 16.7. The number of aromatic amines is 1. The van der Waals surface area contributed by atoms with Crippen molar-refractivity contribution >= 4 is 15.9 Å². The zero-order valence-corrected chi connectivity index (χ0v) is 14.7. The van der Waals surface area contributed by atoms with E-state index in [9.17, 15) is 18.0 Å². The molecule has 1 saturated carbocycles. The lowest BCUT2D eigenvalue weighted by atomic mass is 9.72. The van der Waals surface area contributed by atoms with E-state index in [1.165, 1.54) is 0 Å². The lowest BCUT2D eigenvalue weighted by Crippen LogP contribution is -2.70. The van der Waals surface area contributed by atoms with Crippen molar-refractivity contribution in [1.29, 1.82) is 0 Å². The molecule has 25 heavy (non-hydrogen) atoms. The molecule has 136 valence electrons. The van der Waals surface area contributed by atoms with Gasteiger partial charge in [0.1, 0.15) is 5.56 Å². The Morgan fingerprint density at radius 2 is 2.12 bits per heavy atom. The van der Waals surface area contributed by atoms with Gasteiger partial charge in [0, 0.05) is 18.2 Å². The molecule has 4 rings (SSSR count). The van der Waals surface area contributed by atoms with Crippen molar-refractivity contribution in [3.05, 3.63) is 33.2 Å². The van der Waals surface area contributed by atoms with Crippen molar-refractivity contribution in [2.75, 3.05) is 12.9 Å². The molecule has 1 aromatic heterocycles. The van der Waals surface area contributed by atoms with Crippen LogP contribution in [0.4, 0.5) is 0 Å². The van der Waals surface area contributed by atoms with Crippen LogP contribution in [0.1, 0.15) is 34.5 Å². The van der Waals surface area contributed by atoms with Crippen molar-refractivity contribution in [1.82, 2.24) is 15.0 Å². The van der Waals surface area contributed by atoms with Crippen molar-refractivity contribution in [2.45, 2.75) is 43.9 Å². The van der Waals surface area contributed by atoms with Crippen LogP contribution in [-0.2, 0) is 27.6 Å². The van der Waals surface area contributed by atoms with Crippen LogP contribution in [0.5, 0.6) is 0 Å². The van der Waals surface area contributed by atoms with Gasteiger partial charge in [-0.05, 0) is 37.3 Å². The maximum absolute atomic E-state index is 12.6. The SMILES string of the molecule is CS(=O)(=O)N[C@@H]1[C@@H](NC(=O)c2cc3c([nH]c2=O)CCC3)[C@H]2CCO[C@H]21. The Labute approximate surface area is 145 Å². The fraction of sp³-hybridized carbons (Fsp3) is 0.625. The standard InChI is InChI=1S/C16H21N3O5S/c1-25(22,23)19-13-12(9-5-6-24-14(9)13)18-16(21)10-7-8-3-2-4-11(8)17-15(10)20/h7,9,12-14,19H,2-6H2,1H3,(H,17,20)(H,18,21)/t9-,12+,13-,14-/m1/s1. The highest BCUT2D eigenvalue weighted by atomic mass is 32.2. The number of amides is 1. The smallest absolute Gasteiger partial charge is 0.261 e. The van der Waals surface area contributed by atoms with Crippen LogP contribution in [0.25, 0.3) is 0 Å². The van der Waals surface area contributed by atoms with E-state index < -0.39 is 27.5 Å². The Kier molecular flexibility index (Phi) is 3.97. The lowest BCUT2D eigenvalue weighted by Gasteiger charge is -2.47. The maximum atomic E-state index is 12.6. The minimum Gasteiger partial charge on any atom is -0.376 e. The first-order chi connectivity index (χ1) is 11.8. The molecule has 1 saturated heterocycles. The van der Waals surface area contributed by atoms with Gasteiger partial charge >= 0.3 is 0 Å². The van der Waals surface area contributed by atoms with E-state index in [2.05, 4.69) is 15.0 Å². The molecule has 0 aromatic carbocycles. The van der Waals surface area contributed by atoms with Crippen LogP contribution >= 0.6 is 0 Å². The van der Waals surface area contributed by atoms with E-state index in [1.54, 1.807) is 6.07 Å². The number of aromatic nitrogens is 1. The van der Waals surface area contributed by atoms with E-state index in [4.69, 9.17) is 4.74 Å². The highest BCUT2D eigenvalue weighted by molar-refractivity contribution is 7.88. The summed E-state index contributed by atoms with van der Waals surface area (Å²) in [7, 11) is -3.42. The Balaban J connectivity index is 1.55. The van der Waals surface area contributed by atoms with E-state index in [0.29, 0.717) is 6.61 Å². The second kappa shape index (κ2) is 5.93. The van der Waals surface area contributed by atoms with E-state index in [-0.39, 0.29) is 23.6 Å². The third-order valence-electron chi connectivity index (χ3n) is 5.37. The average molecular weight is 367 g/mol. The molecule has 0 unspecified atom stereocenters. The number of sulfonamides is 1. The quantitative estimate of drug-likeness (QED) is 0.650. The minimum absolute atomic E-state index is 0.0664.